The number of hydrogen-bond donors (Lipinski definition) is 1. The standard InChI is InChI=1S/C21H25N5O/c1-13(2)12-17-20-23-19(15-6-7-15)24-26(20)11-10-25(17)21(27)16-5-3-4-14-8-9-22-18(14)16/h3-5,8-9,13,15,17,22H,6-7,10-12H2,1-2H3/t17-/m0/s1. The van der Waals surface area contributed by atoms with Crippen LogP contribution in [0, 0.1) is 5.92 Å². The number of carbonyl (C=O) groups is 1. The van der Waals surface area contributed by atoms with E-state index < -0.39 is 0 Å². The highest BCUT2D eigenvalue weighted by Crippen LogP contribution is 2.40. The summed E-state index contributed by atoms with van der Waals surface area (Å²) in [5, 5.41) is 5.81. The Balaban J connectivity index is 1.53. The van der Waals surface area contributed by atoms with Gasteiger partial charge in [-0.25, -0.2) is 9.67 Å². The molecule has 0 bridgehead atoms. The minimum Gasteiger partial charge on any atom is -0.361 e. The van der Waals surface area contributed by atoms with E-state index in [0.29, 0.717) is 18.4 Å². The van der Waals surface area contributed by atoms with Crippen molar-refractivity contribution >= 4 is 16.8 Å². The van der Waals surface area contributed by atoms with E-state index in [-0.39, 0.29) is 11.9 Å². The molecule has 1 aromatic carbocycles. The molecule has 1 N–H and O–H groups in total. The Labute approximate surface area is 158 Å². The highest BCUT2D eigenvalue weighted by molar-refractivity contribution is 6.05. The molecule has 6 nitrogen and oxygen atoms in total. The van der Waals surface area contributed by atoms with Gasteiger partial charge in [0.2, 0.25) is 0 Å². The molecular weight excluding hydrogens is 338 g/mol. The van der Waals surface area contributed by atoms with Crippen LogP contribution in [0.25, 0.3) is 10.9 Å². The second-order valence-electron chi connectivity index (χ2n) is 8.22. The third-order valence-corrected chi connectivity index (χ3v) is 5.66. The summed E-state index contributed by atoms with van der Waals surface area (Å²) in [6.07, 6.45) is 5.17. The lowest BCUT2D eigenvalue weighted by molar-refractivity contribution is 0.0580. The molecule has 1 fully saturated rings. The number of para-hydroxylation sites is 1. The summed E-state index contributed by atoms with van der Waals surface area (Å²) in [5.41, 5.74) is 1.65. The molecule has 0 unspecified atom stereocenters. The normalized spacial score (nSPS) is 19.7. The molecule has 2 aliphatic rings. The number of nitrogens with one attached hydrogen (secondary N) is 1. The van der Waals surface area contributed by atoms with E-state index in [1.807, 2.05) is 40.0 Å². The first kappa shape index (κ1) is 16.5. The van der Waals surface area contributed by atoms with Crippen LogP contribution in [-0.2, 0) is 6.54 Å². The van der Waals surface area contributed by atoms with E-state index in [2.05, 4.69) is 18.8 Å². The van der Waals surface area contributed by atoms with Gasteiger partial charge in [-0.1, -0.05) is 26.0 Å². The van der Waals surface area contributed by atoms with Crippen LogP contribution in [0.3, 0.4) is 0 Å². The first-order valence-corrected chi connectivity index (χ1v) is 9.93. The quantitative estimate of drug-likeness (QED) is 0.765. The maximum atomic E-state index is 13.5. The topological polar surface area (TPSA) is 66.8 Å². The second-order valence-corrected chi connectivity index (χ2v) is 8.22. The molecular formula is C21H25N5O. The zero-order chi connectivity index (χ0) is 18.5. The summed E-state index contributed by atoms with van der Waals surface area (Å²) in [5.74, 6) is 3.01. The number of nitrogens with zero attached hydrogens (tertiary/aromatic N) is 4. The lowest BCUT2D eigenvalue weighted by Crippen LogP contribution is -2.43. The second kappa shape index (κ2) is 6.22. The summed E-state index contributed by atoms with van der Waals surface area (Å²) in [6, 6.07) is 7.90. The van der Waals surface area contributed by atoms with Gasteiger partial charge in [0.1, 0.15) is 5.82 Å². The van der Waals surface area contributed by atoms with Crippen LogP contribution in [0.1, 0.15) is 67.1 Å². The maximum Gasteiger partial charge on any atom is 0.256 e. The molecule has 1 saturated carbocycles. The van der Waals surface area contributed by atoms with E-state index in [1.165, 1.54) is 12.8 Å². The van der Waals surface area contributed by atoms with Gasteiger partial charge in [-0.15, -0.1) is 0 Å². The van der Waals surface area contributed by atoms with Crippen molar-refractivity contribution in [3.63, 3.8) is 0 Å². The summed E-state index contributed by atoms with van der Waals surface area (Å²) < 4.78 is 2.04. The molecule has 0 radical (unpaired) electrons. The molecule has 0 saturated heterocycles. The average molecular weight is 363 g/mol. The summed E-state index contributed by atoms with van der Waals surface area (Å²) >= 11 is 0. The molecule has 3 aromatic rings. The Morgan fingerprint density at radius 3 is 2.89 bits per heavy atom. The lowest BCUT2D eigenvalue weighted by atomic mass is 9.99. The van der Waals surface area contributed by atoms with E-state index in [4.69, 9.17) is 10.1 Å². The molecule has 140 valence electrons. The molecule has 1 atom stereocenters. The number of benzene rings is 1. The van der Waals surface area contributed by atoms with Crippen LogP contribution in [0.2, 0.25) is 0 Å². The monoisotopic (exact) mass is 363 g/mol. The zero-order valence-corrected chi connectivity index (χ0v) is 15.9. The minimum atomic E-state index is -0.0172. The molecule has 1 amide bonds. The van der Waals surface area contributed by atoms with Crippen molar-refractivity contribution in [3.8, 4) is 0 Å². The Kier molecular flexibility index (Phi) is 3.81. The van der Waals surface area contributed by atoms with Gasteiger partial charge in [0.05, 0.1) is 23.7 Å². The van der Waals surface area contributed by atoms with Crippen LogP contribution in [0.5, 0.6) is 0 Å². The highest BCUT2D eigenvalue weighted by Gasteiger charge is 2.37. The van der Waals surface area contributed by atoms with Crippen molar-refractivity contribution in [3.05, 3.63) is 47.7 Å². The summed E-state index contributed by atoms with van der Waals surface area (Å²) in [4.78, 5) is 23.6. The predicted octanol–water partition coefficient (Wildman–Crippen LogP) is 3.88. The highest BCUT2D eigenvalue weighted by atomic mass is 16.2. The Bertz CT molecular complexity index is 997. The molecule has 2 aromatic heterocycles. The van der Waals surface area contributed by atoms with Gasteiger partial charge >= 0.3 is 0 Å². The van der Waals surface area contributed by atoms with Crippen molar-refractivity contribution in [1.29, 1.82) is 0 Å². The van der Waals surface area contributed by atoms with Crippen molar-refractivity contribution in [2.75, 3.05) is 6.54 Å². The smallest absolute Gasteiger partial charge is 0.256 e. The SMILES string of the molecule is CC(C)C[C@H]1c2nc(C3CC3)nn2CCN1C(=O)c1cccc2cc[nH]c12. The maximum absolute atomic E-state index is 13.5. The zero-order valence-electron chi connectivity index (χ0n) is 15.9. The van der Waals surface area contributed by atoms with Crippen LogP contribution >= 0.6 is 0 Å². The average Bonchev–Trinajstić information content (AvgIpc) is 3.22. The number of carbonyl (C=O) groups excluding carboxylic acids is 1. The third-order valence-electron chi connectivity index (χ3n) is 5.66. The van der Waals surface area contributed by atoms with Gasteiger partial charge in [0.25, 0.3) is 5.91 Å². The predicted molar refractivity (Wildman–Crippen MR) is 104 cm³/mol. The Morgan fingerprint density at radius 1 is 1.26 bits per heavy atom. The Morgan fingerprint density at radius 2 is 2.11 bits per heavy atom. The number of aromatic amines is 1. The van der Waals surface area contributed by atoms with Crippen LogP contribution < -0.4 is 0 Å². The van der Waals surface area contributed by atoms with Gasteiger partial charge in [-0.05, 0) is 37.3 Å². The molecule has 3 heterocycles. The Hall–Kier alpha value is -2.63. The fraction of sp³-hybridized carbons (Fsp3) is 0.476. The van der Waals surface area contributed by atoms with E-state index in [0.717, 1.165) is 41.1 Å². The van der Waals surface area contributed by atoms with E-state index in [1.54, 1.807) is 0 Å². The van der Waals surface area contributed by atoms with Gasteiger partial charge < -0.3 is 9.88 Å². The lowest BCUT2D eigenvalue weighted by Gasteiger charge is -2.36. The first-order chi connectivity index (χ1) is 13.1. The minimum absolute atomic E-state index is 0.0172. The number of H-pyrrole nitrogens is 1. The molecule has 27 heavy (non-hydrogen) atoms. The molecule has 1 aliphatic heterocycles. The molecule has 5 rings (SSSR count). The first-order valence-electron chi connectivity index (χ1n) is 9.93. The van der Waals surface area contributed by atoms with Crippen LogP contribution in [-0.4, -0.2) is 37.1 Å². The number of amides is 1. The largest absolute Gasteiger partial charge is 0.361 e. The number of fused-ring (bicyclic) bond motifs is 2. The van der Waals surface area contributed by atoms with Crippen LogP contribution in [0.15, 0.2) is 30.5 Å². The van der Waals surface area contributed by atoms with Crippen molar-refractivity contribution in [2.24, 2.45) is 5.92 Å². The van der Waals surface area contributed by atoms with Crippen LogP contribution in [0.4, 0.5) is 0 Å². The molecule has 0 spiro atoms. The van der Waals surface area contributed by atoms with Crippen molar-refractivity contribution in [1.82, 2.24) is 24.6 Å². The van der Waals surface area contributed by atoms with Gasteiger partial charge in [0, 0.05) is 24.0 Å². The third kappa shape index (κ3) is 2.83. The van der Waals surface area contributed by atoms with Crippen molar-refractivity contribution in [2.45, 2.75) is 51.6 Å². The molecule has 6 heteroatoms. The number of aromatic nitrogens is 4. The van der Waals surface area contributed by atoms with Gasteiger partial charge in [0.15, 0.2) is 5.82 Å². The summed E-state index contributed by atoms with van der Waals surface area (Å²) in [7, 11) is 0. The number of rotatable bonds is 4. The fourth-order valence-electron chi connectivity index (χ4n) is 4.14. The fourth-order valence-corrected chi connectivity index (χ4v) is 4.14. The van der Waals surface area contributed by atoms with Gasteiger partial charge in [-0.3, -0.25) is 4.79 Å². The van der Waals surface area contributed by atoms with Gasteiger partial charge in [-0.2, -0.15) is 5.10 Å². The summed E-state index contributed by atoms with van der Waals surface area (Å²) in [6.45, 7) is 5.79. The van der Waals surface area contributed by atoms with E-state index in [9.17, 15) is 4.79 Å². The van der Waals surface area contributed by atoms with E-state index >= 15 is 0 Å². The number of hydrogen-bond acceptors (Lipinski definition) is 3. The van der Waals surface area contributed by atoms with Crippen molar-refractivity contribution < 1.29 is 4.79 Å². The molecule has 1 aliphatic carbocycles.